The summed E-state index contributed by atoms with van der Waals surface area (Å²) < 4.78 is 20.7. The molecule has 0 amide bonds. The standard InChI is InChI=1S/C30H32O7S/c1-34-24-14-12-21(13-15-24)9-6-4-5-7-18-37-25-20-27(38-26(25)16-17-28(31)35-2)29(32)22-10-8-11-23(19-22)30(33)36-3/h6,8-15,19-20H,4-5,7,16-18H2,1-3H3/b9-6+. The summed E-state index contributed by atoms with van der Waals surface area (Å²) in [4.78, 5) is 38.0. The average molecular weight is 537 g/mol. The fourth-order valence-electron chi connectivity index (χ4n) is 3.67. The summed E-state index contributed by atoms with van der Waals surface area (Å²) in [5.74, 6) is 0.371. The van der Waals surface area contributed by atoms with E-state index in [1.54, 1.807) is 31.4 Å². The normalized spacial score (nSPS) is 10.8. The lowest BCUT2D eigenvalue weighted by molar-refractivity contribution is -0.140. The van der Waals surface area contributed by atoms with E-state index >= 15 is 0 Å². The molecule has 1 aromatic heterocycles. The number of hydrogen-bond donors (Lipinski definition) is 0. The molecule has 3 aromatic rings. The van der Waals surface area contributed by atoms with E-state index < -0.39 is 5.97 Å². The van der Waals surface area contributed by atoms with Crippen molar-refractivity contribution >= 4 is 35.1 Å². The van der Waals surface area contributed by atoms with E-state index in [-0.39, 0.29) is 18.2 Å². The lowest BCUT2D eigenvalue weighted by Gasteiger charge is -2.06. The van der Waals surface area contributed by atoms with Gasteiger partial charge in [0, 0.05) is 16.5 Å². The van der Waals surface area contributed by atoms with Crippen LogP contribution in [-0.4, -0.2) is 45.7 Å². The first-order valence-corrected chi connectivity index (χ1v) is 13.1. The van der Waals surface area contributed by atoms with E-state index in [1.165, 1.54) is 31.6 Å². The third-order valence-corrected chi connectivity index (χ3v) is 6.95. The van der Waals surface area contributed by atoms with Crippen LogP contribution in [0.4, 0.5) is 0 Å². The van der Waals surface area contributed by atoms with Crippen LogP contribution in [0, 0.1) is 0 Å². The van der Waals surface area contributed by atoms with Gasteiger partial charge in [0.15, 0.2) is 0 Å². The maximum Gasteiger partial charge on any atom is 0.337 e. The van der Waals surface area contributed by atoms with Crippen molar-refractivity contribution in [3.63, 3.8) is 0 Å². The number of hydrogen-bond acceptors (Lipinski definition) is 8. The second-order valence-electron chi connectivity index (χ2n) is 8.40. The van der Waals surface area contributed by atoms with E-state index in [4.69, 9.17) is 18.9 Å². The van der Waals surface area contributed by atoms with Gasteiger partial charge in [-0.1, -0.05) is 36.4 Å². The third-order valence-electron chi connectivity index (χ3n) is 5.77. The molecule has 8 heteroatoms. The van der Waals surface area contributed by atoms with Crippen molar-refractivity contribution in [2.45, 2.75) is 32.1 Å². The van der Waals surface area contributed by atoms with E-state index in [0.29, 0.717) is 34.8 Å². The molecular weight excluding hydrogens is 504 g/mol. The van der Waals surface area contributed by atoms with Crippen LogP contribution in [-0.2, 0) is 20.7 Å². The number of rotatable bonds is 14. The molecule has 0 atom stereocenters. The Morgan fingerprint density at radius 1 is 0.895 bits per heavy atom. The minimum atomic E-state index is -0.507. The molecule has 0 unspecified atom stereocenters. The van der Waals surface area contributed by atoms with Crippen LogP contribution in [0.3, 0.4) is 0 Å². The molecule has 1 heterocycles. The lowest BCUT2D eigenvalue weighted by Crippen LogP contribution is -2.04. The first-order chi connectivity index (χ1) is 18.4. The van der Waals surface area contributed by atoms with Crippen molar-refractivity contribution in [2.24, 2.45) is 0 Å². The molecule has 0 fully saturated rings. The predicted molar refractivity (Wildman–Crippen MR) is 147 cm³/mol. The number of ketones is 1. The number of aryl methyl sites for hydroxylation is 1. The van der Waals surface area contributed by atoms with Gasteiger partial charge in [0.1, 0.15) is 11.5 Å². The Labute approximate surface area is 227 Å². The minimum Gasteiger partial charge on any atom is -0.497 e. The highest BCUT2D eigenvalue weighted by Crippen LogP contribution is 2.33. The summed E-state index contributed by atoms with van der Waals surface area (Å²) in [6.45, 7) is 0.490. The van der Waals surface area contributed by atoms with Crippen molar-refractivity contribution in [2.75, 3.05) is 27.9 Å². The molecule has 0 aliphatic rings. The van der Waals surface area contributed by atoms with Gasteiger partial charge in [-0.05, 0) is 55.5 Å². The lowest BCUT2D eigenvalue weighted by atomic mass is 10.1. The van der Waals surface area contributed by atoms with Crippen LogP contribution in [0.25, 0.3) is 6.08 Å². The largest absolute Gasteiger partial charge is 0.497 e. The Kier molecular flexibility index (Phi) is 11.1. The zero-order valence-electron chi connectivity index (χ0n) is 21.9. The van der Waals surface area contributed by atoms with E-state index in [9.17, 15) is 14.4 Å². The second-order valence-corrected chi connectivity index (χ2v) is 9.53. The summed E-state index contributed by atoms with van der Waals surface area (Å²) in [6.07, 6.45) is 7.50. The number of ether oxygens (including phenoxy) is 4. The van der Waals surface area contributed by atoms with Crippen molar-refractivity contribution in [1.82, 2.24) is 0 Å². The zero-order valence-corrected chi connectivity index (χ0v) is 22.7. The first kappa shape index (κ1) is 28.7. The molecular formula is C30H32O7S. The van der Waals surface area contributed by atoms with E-state index in [1.807, 2.05) is 24.3 Å². The fourth-order valence-corrected chi connectivity index (χ4v) is 4.73. The predicted octanol–water partition coefficient (Wildman–Crippen LogP) is 6.14. The molecule has 0 N–H and O–H groups in total. The Morgan fingerprint density at radius 3 is 2.37 bits per heavy atom. The van der Waals surface area contributed by atoms with Crippen LogP contribution in [0.2, 0.25) is 0 Å². The summed E-state index contributed by atoms with van der Waals surface area (Å²) in [6, 6.07) is 16.0. The number of benzene rings is 2. The first-order valence-electron chi connectivity index (χ1n) is 12.3. The molecule has 200 valence electrons. The van der Waals surface area contributed by atoms with Gasteiger partial charge in [0.05, 0.1) is 44.8 Å². The van der Waals surface area contributed by atoms with Gasteiger partial charge in [-0.2, -0.15) is 0 Å². The van der Waals surface area contributed by atoms with Gasteiger partial charge in [0.25, 0.3) is 0 Å². The van der Waals surface area contributed by atoms with Crippen LogP contribution in [0.1, 0.15) is 61.7 Å². The number of methoxy groups -OCH3 is 3. The van der Waals surface area contributed by atoms with Crippen molar-refractivity contribution in [3.05, 3.63) is 87.1 Å². The van der Waals surface area contributed by atoms with Crippen molar-refractivity contribution in [1.29, 1.82) is 0 Å². The Hall–Kier alpha value is -3.91. The number of carbonyl (C=O) groups is 3. The smallest absolute Gasteiger partial charge is 0.337 e. The van der Waals surface area contributed by atoms with E-state index in [0.717, 1.165) is 35.5 Å². The molecule has 0 aliphatic heterocycles. The van der Waals surface area contributed by atoms with Crippen LogP contribution >= 0.6 is 11.3 Å². The Morgan fingerprint density at radius 2 is 1.66 bits per heavy atom. The SMILES string of the molecule is COC(=O)CCc1sc(C(=O)c2cccc(C(=O)OC)c2)cc1OCCCC/C=C/c1ccc(OC)cc1. The molecule has 0 saturated carbocycles. The highest BCUT2D eigenvalue weighted by atomic mass is 32.1. The van der Waals surface area contributed by atoms with E-state index in [2.05, 4.69) is 12.2 Å². The molecule has 0 radical (unpaired) electrons. The molecule has 38 heavy (non-hydrogen) atoms. The molecule has 3 rings (SSSR count). The van der Waals surface area contributed by atoms with Crippen LogP contribution in [0.15, 0.2) is 60.7 Å². The average Bonchev–Trinajstić information content (AvgIpc) is 3.37. The maximum absolute atomic E-state index is 13.2. The minimum absolute atomic E-state index is 0.189. The quantitative estimate of drug-likeness (QED) is 0.139. The fraction of sp³-hybridized carbons (Fsp3) is 0.300. The third kappa shape index (κ3) is 8.31. The van der Waals surface area contributed by atoms with Crippen LogP contribution < -0.4 is 9.47 Å². The highest BCUT2D eigenvalue weighted by molar-refractivity contribution is 7.14. The van der Waals surface area contributed by atoms with Gasteiger partial charge in [-0.3, -0.25) is 9.59 Å². The summed E-state index contributed by atoms with van der Waals surface area (Å²) >= 11 is 1.29. The molecule has 0 aliphatic carbocycles. The number of allylic oxidation sites excluding steroid dienone is 1. The van der Waals surface area contributed by atoms with Gasteiger partial charge in [-0.15, -0.1) is 11.3 Å². The van der Waals surface area contributed by atoms with Crippen molar-refractivity contribution < 1.29 is 33.3 Å². The van der Waals surface area contributed by atoms with Crippen LogP contribution in [0.5, 0.6) is 11.5 Å². The molecule has 2 aromatic carbocycles. The summed E-state index contributed by atoms with van der Waals surface area (Å²) in [5, 5.41) is 0. The highest BCUT2D eigenvalue weighted by Gasteiger charge is 2.19. The summed E-state index contributed by atoms with van der Waals surface area (Å²) in [7, 11) is 4.29. The zero-order chi connectivity index (χ0) is 27.3. The van der Waals surface area contributed by atoms with Gasteiger partial charge in [-0.25, -0.2) is 4.79 Å². The van der Waals surface area contributed by atoms with Gasteiger partial charge in [0.2, 0.25) is 5.78 Å². The van der Waals surface area contributed by atoms with Crippen molar-refractivity contribution in [3.8, 4) is 11.5 Å². The number of thiophene rings is 1. The Balaban J connectivity index is 1.60. The summed E-state index contributed by atoms with van der Waals surface area (Å²) in [5.41, 5.74) is 1.80. The maximum atomic E-state index is 13.2. The van der Waals surface area contributed by atoms with Gasteiger partial charge < -0.3 is 18.9 Å². The molecule has 0 spiro atoms. The molecule has 0 bridgehead atoms. The van der Waals surface area contributed by atoms with Gasteiger partial charge >= 0.3 is 11.9 Å². The molecule has 0 saturated heterocycles. The second kappa shape index (κ2) is 14.7. The molecule has 7 nitrogen and oxygen atoms in total. The monoisotopic (exact) mass is 536 g/mol. The number of esters is 2. The number of unbranched alkanes of at least 4 members (excludes halogenated alkanes) is 2. The Bertz CT molecular complexity index is 1260. The number of carbonyl (C=O) groups excluding carboxylic acids is 3. The topological polar surface area (TPSA) is 88.1 Å².